The Balaban J connectivity index is 0.000000427. The summed E-state index contributed by atoms with van der Waals surface area (Å²) in [7, 11) is 1.98. The Kier molecular flexibility index (Phi) is 8.64. The predicted molar refractivity (Wildman–Crippen MR) is 126 cm³/mol. The lowest BCUT2D eigenvalue weighted by Crippen LogP contribution is -2.42. The van der Waals surface area contributed by atoms with Crippen molar-refractivity contribution < 1.29 is 19.1 Å². The van der Waals surface area contributed by atoms with Gasteiger partial charge in [-0.25, -0.2) is 0 Å². The molecule has 0 spiro atoms. The van der Waals surface area contributed by atoms with Crippen LogP contribution in [0.1, 0.15) is 88.7 Å². The molecule has 176 valence electrons. The highest BCUT2D eigenvalue weighted by molar-refractivity contribution is 5.87. The largest absolute Gasteiger partial charge is 0.427 e. The van der Waals surface area contributed by atoms with Crippen molar-refractivity contribution in [3.8, 4) is 5.75 Å². The van der Waals surface area contributed by atoms with Crippen LogP contribution in [0.15, 0.2) is 18.2 Å². The number of ketones is 1. The molecule has 2 saturated carbocycles. The number of esters is 1. The van der Waals surface area contributed by atoms with Gasteiger partial charge in [0.05, 0.1) is 6.42 Å². The highest BCUT2D eigenvalue weighted by atomic mass is 16.5. The van der Waals surface area contributed by atoms with E-state index in [1.54, 1.807) is 0 Å². The minimum Gasteiger partial charge on any atom is -0.427 e. The minimum absolute atomic E-state index is 0.0906. The van der Waals surface area contributed by atoms with Gasteiger partial charge in [-0.15, -0.1) is 0 Å². The van der Waals surface area contributed by atoms with Gasteiger partial charge in [0, 0.05) is 18.3 Å². The molecular weight excluding hydrogens is 402 g/mol. The second kappa shape index (κ2) is 11.2. The van der Waals surface area contributed by atoms with Gasteiger partial charge in [-0.1, -0.05) is 26.3 Å². The second-order valence-corrected chi connectivity index (χ2v) is 9.83. The highest BCUT2D eigenvalue weighted by Gasteiger charge is 2.54. The Morgan fingerprint density at radius 3 is 2.75 bits per heavy atom. The van der Waals surface area contributed by atoms with Gasteiger partial charge >= 0.3 is 5.97 Å². The number of ether oxygens (including phenoxy) is 1. The Labute approximate surface area is 192 Å². The average molecular weight is 442 g/mol. The third-order valence-electron chi connectivity index (χ3n) is 7.89. The molecule has 3 aliphatic rings. The van der Waals surface area contributed by atoms with Crippen molar-refractivity contribution in [2.24, 2.45) is 17.3 Å². The fraction of sp³-hybridized carbons (Fsp3) is 0.667. The van der Waals surface area contributed by atoms with Gasteiger partial charge in [-0.05, 0) is 93.1 Å². The monoisotopic (exact) mass is 441 g/mol. The molecule has 4 atom stereocenters. The lowest BCUT2D eigenvalue weighted by Gasteiger charge is -2.48. The van der Waals surface area contributed by atoms with Crippen molar-refractivity contribution in [2.75, 3.05) is 13.6 Å². The third-order valence-corrected chi connectivity index (χ3v) is 7.89. The molecule has 0 radical (unpaired) electrons. The van der Waals surface area contributed by atoms with E-state index in [0.29, 0.717) is 29.3 Å². The molecule has 0 heterocycles. The number of unbranched alkanes of at least 4 members (excludes halogenated alkanes) is 1. The van der Waals surface area contributed by atoms with Crippen molar-refractivity contribution in [2.45, 2.75) is 84.0 Å². The van der Waals surface area contributed by atoms with Crippen LogP contribution in [0.3, 0.4) is 0 Å². The quantitative estimate of drug-likeness (QED) is 0.279. The zero-order valence-electron chi connectivity index (χ0n) is 20.0. The van der Waals surface area contributed by atoms with Gasteiger partial charge in [0.2, 0.25) is 0 Å². The molecule has 1 aromatic carbocycles. The van der Waals surface area contributed by atoms with Crippen LogP contribution in [0.2, 0.25) is 0 Å². The number of carbonyl (C=O) groups excluding carboxylic acids is 3. The normalized spacial score (nSPS) is 28.0. The van der Waals surface area contributed by atoms with E-state index in [1.165, 1.54) is 24.0 Å². The third kappa shape index (κ3) is 5.31. The zero-order chi connectivity index (χ0) is 23.1. The molecule has 5 heteroatoms. The van der Waals surface area contributed by atoms with Gasteiger partial charge in [-0.3, -0.25) is 9.59 Å². The van der Waals surface area contributed by atoms with Crippen LogP contribution in [0.4, 0.5) is 0 Å². The van der Waals surface area contributed by atoms with Crippen molar-refractivity contribution in [1.29, 1.82) is 0 Å². The van der Waals surface area contributed by atoms with Gasteiger partial charge in [-0.2, -0.15) is 0 Å². The SMILES string of the molecule is CC12CCC3c4ccc(OC(=O)CCC=O)cc4CCC3C1CCC2=O.CCCCNC. The summed E-state index contributed by atoms with van der Waals surface area (Å²) in [5.41, 5.74) is 2.57. The molecular formula is C27H39NO4. The van der Waals surface area contributed by atoms with E-state index in [-0.39, 0.29) is 24.2 Å². The molecule has 0 aliphatic heterocycles. The van der Waals surface area contributed by atoms with E-state index < -0.39 is 0 Å². The van der Waals surface area contributed by atoms with E-state index >= 15 is 0 Å². The van der Waals surface area contributed by atoms with Crippen molar-refractivity contribution in [1.82, 2.24) is 5.32 Å². The number of carbonyl (C=O) groups is 3. The van der Waals surface area contributed by atoms with Crippen molar-refractivity contribution in [3.05, 3.63) is 29.3 Å². The molecule has 2 fully saturated rings. The first-order valence-corrected chi connectivity index (χ1v) is 12.4. The Bertz CT molecular complexity index is 816. The summed E-state index contributed by atoms with van der Waals surface area (Å²) in [4.78, 5) is 34.5. The molecule has 4 unspecified atom stereocenters. The summed E-state index contributed by atoms with van der Waals surface area (Å²) in [6.07, 6.45) is 9.65. The number of benzene rings is 1. The lowest BCUT2D eigenvalue weighted by atomic mass is 9.55. The minimum atomic E-state index is -0.358. The van der Waals surface area contributed by atoms with Crippen molar-refractivity contribution >= 4 is 18.0 Å². The Morgan fingerprint density at radius 2 is 2.06 bits per heavy atom. The van der Waals surface area contributed by atoms with E-state index in [9.17, 15) is 14.4 Å². The van der Waals surface area contributed by atoms with Crippen LogP contribution in [0, 0.1) is 17.3 Å². The first kappa shape index (κ1) is 24.6. The van der Waals surface area contributed by atoms with Crippen LogP contribution >= 0.6 is 0 Å². The standard InChI is InChI=1S/C22H26O4.C5H13N/c1-22-11-10-17-16-7-5-15(26-21(25)3-2-12-23)13-14(16)4-6-18(17)19(22)8-9-20(22)24;1-3-4-5-6-2/h5,7,12-13,17-19H,2-4,6,8-11H2,1H3;6H,3-5H2,1-2H3. The van der Waals surface area contributed by atoms with Gasteiger partial charge < -0.3 is 14.8 Å². The van der Waals surface area contributed by atoms with E-state index in [1.807, 2.05) is 19.2 Å². The fourth-order valence-electron chi connectivity index (χ4n) is 6.11. The summed E-state index contributed by atoms with van der Waals surface area (Å²) in [5.74, 6) is 2.36. The van der Waals surface area contributed by atoms with Crippen LogP contribution in [0.5, 0.6) is 5.75 Å². The molecule has 5 nitrogen and oxygen atoms in total. The lowest BCUT2D eigenvalue weighted by molar-refractivity contribution is -0.135. The number of rotatable bonds is 7. The summed E-state index contributed by atoms with van der Waals surface area (Å²) in [6, 6.07) is 6.00. The molecule has 3 aliphatic carbocycles. The van der Waals surface area contributed by atoms with Crippen LogP contribution in [-0.2, 0) is 20.8 Å². The van der Waals surface area contributed by atoms with E-state index in [2.05, 4.69) is 25.2 Å². The van der Waals surface area contributed by atoms with Gasteiger partial charge in [0.25, 0.3) is 0 Å². The van der Waals surface area contributed by atoms with E-state index in [0.717, 1.165) is 51.4 Å². The highest BCUT2D eigenvalue weighted by Crippen LogP contribution is 2.59. The molecule has 4 rings (SSSR count). The molecule has 0 aromatic heterocycles. The molecule has 1 N–H and O–H groups in total. The smallest absolute Gasteiger partial charge is 0.311 e. The maximum Gasteiger partial charge on any atom is 0.311 e. The van der Waals surface area contributed by atoms with Crippen molar-refractivity contribution in [3.63, 3.8) is 0 Å². The molecule has 0 amide bonds. The Morgan fingerprint density at radius 1 is 1.25 bits per heavy atom. The Hall–Kier alpha value is -2.01. The number of nitrogens with one attached hydrogen (secondary N) is 1. The number of hydrogen-bond donors (Lipinski definition) is 1. The number of fused-ring (bicyclic) bond motifs is 5. The van der Waals surface area contributed by atoms with Gasteiger partial charge in [0.15, 0.2) is 0 Å². The van der Waals surface area contributed by atoms with Crippen LogP contribution in [-0.4, -0.2) is 31.6 Å². The first-order chi connectivity index (χ1) is 15.4. The average Bonchev–Trinajstić information content (AvgIpc) is 3.11. The number of aryl methyl sites for hydroxylation is 1. The summed E-state index contributed by atoms with van der Waals surface area (Å²) < 4.78 is 5.38. The molecule has 0 saturated heterocycles. The topological polar surface area (TPSA) is 72.5 Å². The summed E-state index contributed by atoms with van der Waals surface area (Å²) >= 11 is 0. The van der Waals surface area contributed by atoms with Crippen LogP contribution < -0.4 is 10.1 Å². The molecule has 0 bridgehead atoms. The van der Waals surface area contributed by atoms with Gasteiger partial charge in [0.1, 0.15) is 17.8 Å². The summed E-state index contributed by atoms with van der Waals surface area (Å²) in [5, 5.41) is 3.07. The number of Topliss-reactive ketones (excluding diaryl/α,β-unsaturated/α-hetero) is 1. The number of aldehydes is 1. The first-order valence-electron chi connectivity index (χ1n) is 12.4. The predicted octanol–water partition coefficient (Wildman–Crippen LogP) is 5.00. The number of hydrogen-bond acceptors (Lipinski definition) is 5. The fourth-order valence-corrected chi connectivity index (χ4v) is 6.11. The molecule has 32 heavy (non-hydrogen) atoms. The zero-order valence-corrected chi connectivity index (χ0v) is 20.0. The van der Waals surface area contributed by atoms with E-state index in [4.69, 9.17) is 4.74 Å². The summed E-state index contributed by atoms with van der Waals surface area (Å²) in [6.45, 7) is 5.55. The maximum absolute atomic E-state index is 12.4. The maximum atomic E-state index is 12.4. The molecule has 1 aromatic rings. The van der Waals surface area contributed by atoms with Crippen LogP contribution in [0.25, 0.3) is 0 Å². The second-order valence-electron chi connectivity index (χ2n) is 9.83.